The van der Waals surface area contributed by atoms with Gasteiger partial charge in [0, 0.05) is 10.8 Å². The second-order valence-electron chi connectivity index (χ2n) is 5.56. The first kappa shape index (κ1) is 17.7. The normalized spacial score (nSPS) is 14.6. The molecule has 0 atom stereocenters. The van der Waals surface area contributed by atoms with Crippen LogP contribution in [-0.4, -0.2) is 29.3 Å². The van der Waals surface area contributed by atoms with E-state index in [9.17, 15) is 9.59 Å². The van der Waals surface area contributed by atoms with Crippen molar-refractivity contribution in [2.75, 3.05) is 17.3 Å². The monoisotopic (exact) mass is 373 g/mol. The van der Waals surface area contributed by atoms with Crippen LogP contribution >= 0.6 is 23.4 Å². The van der Waals surface area contributed by atoms with Gasteiger partial charge in [0.1, 0.15) is 0 Å². The Morgan fingerprint density at radius 3 is 2.24 bits per heavy atom. The predicted molar refractivity (Wildman–Crippen MR) is 102 cm³/mol. The molecule has 1 N–H and O–H groups in total. The van der Waals surface area contributed by atoms with Crippen molar-refractivity contribution < 1.29 is 14.7 Å². The Kier molecular flexibility index (Phi) is 5.27. The molecule has 1 aliphatic heterocycles. The Bertz CT molecular complexity index is 844. The minimum Gasteiger partial charge on any atom is -0.396 e. The molecule has 0 saturated carbocycles. The zero-order chi connectivity index (χ0) is 18.0. The summed E-state index contributed by atoms with van der Waals surface area (Å²) in [6, 6.07) is 14.0. The number of amides is 2. The number of aryl methyl sites for hydroxylation is 1. The summed E-state index contributed by atoms with van der Waals surface area (Å²) in [5, 5.41) is 9.65. The van der Waals surface area contributed by atoms with E-state index >= 15 is 0 Å². The van der Waals surface area contributed by atoms with Crippen molar-refractivity contribution in [3.05, 3.63) is 69.6 Å². The van der Waals surface area contributed by atoms with E-state index in [2.05, 4.69) is 0 Å². The van der Waals surface area contributed by atoms with Gasteiger partial charge in [0.05, 0.1) is 22.8 Å². The molecule has 2 aromatic carbocycles. The second-order valence-corrected chi connectivity index (χ2v) is 7.11. The largest absolute Gasteiger partial charge is 0.396 e. The Hall–Kier alpha value is -2.08. The number of aliphatic hydroxyl groups excluding tert-OH is 1. The van der Waals surface area contributed by atoms with Crippen LogP contribution in [0.1, 0.15) is 11.1 Å². The lowest BCUT2D eigenvalue weighted by molar-refractivity contribution is -0.119. The molecule has 0 fully saturated rings. The van der Waals surface area contributed by atoms with Gasteiger partial charge in [-0.3, -0.25) is 9.59 Å². The summed E-state index contributed by atoms with van der Waals surface area (Å²) in [7, 11) is 0. The average molecular weight is 374 g/mol. The van der Waals surface area contributed by atoms with E-state index in [1.807, 2.05) is 31.2 Å². The van der Waals surface area contributed by atoms with Gasteiger partial charge in [0.15, 0.2) is 0 Å². The molecule has 0 saturated heterocycles. The second kappa shape index (κ2) is 7.44. The smallest absolute Gasteiger partial charge is 0.272 e. The fourth-order valence-electron chi connectivity index (χ4n) is 2.59. The molecule has 1 heterocycles. The molecule has 0 bridgehead atoms. The molecule has 0 radical (unpaired) electrons. The summed E-state index contributed by atoms with van der Waals surface area (Å²) in [6.45, 7) is 1.89. The first-order chi connectivity index (χ1) is 12.0. The number of imide groups is 1. The van der Waals surface area contributed by atoms with Gasteiger partial charge in [0.25, 0.3) is 11.8 Å². The van der Waals surface area contributed by atoms with Crippen LogP contribution in [0.15, 0.2) is 53.4 Å². The molecule has 128 valence electrons. The summed E-state index contributed by atoms with van der Waals surface area (Å²) in [5.74, 6) is -0.393. The Morgan fingerprint density at radius 2 is 1.64 bits per heavy atom. The van der Waals surface area contributed by atoms with Crippen LogP contribution in [-0.2, 0) is 9.59 Å². The lowest BCUT2D eigenvalue weighted by atomic mass is 10.0. The van der Waals surface area contributed by atoms with Gasteiger partial charge in [-0.25, -0.2) is 4.90 Å². The number of hydrogen-bond donors (Lipinski definition) is 1. The molecule has 0 spiro atoms. The molecule has 2 amide bonds. The lowest BCUT2D eigenvalue weighted by Crippen LogP contribution is -2.31. The summed E-state index contributed by atoms with van der Waals surface area (Å²) < 4.78 is 0. The maximum absolute atomic E-state index is 13.0. The first-order valence-electron chi connectivity index (χ1n) is 7.72. The quantitative estimate of drug-likeness (QED) is 0.812. The molecule has 1 aliphatic rings. The third-order valence-electron chi connectivity index (χ3n) is 3.80. The van der Waals surface area contributed by atoms with Gasteiger partial charge in [-0.05, 0) is 36.8 Å². The fraction of sp³-hybridized carbons (Fsp3) is 0.158. The average Bonchev–Trinajstić information content (AvgIpc) is 2.85. The van der Waals surface area contributed by atoms with Crippen LogP contribution in [0.3, 0.4) is 0 Å². The van der Waals surface area contributed by atoms with E-state index in [0.29, 0.717) is 32.5 Å². The van der Waals surface area contributed by atoms with Crippen molar-refractivity contribution in [2.24, 2.45) is 0 Å². The minimum absolute atomic E-state index is 0.0717. The van der Waals surface area contributed by atoms with Crippen LogP contribution in [0.2, 0.25) is 5.02 Å². The van der Waals surface area contributed by atoms with Crippen molar-refractivity contribution in [3.63, 3.8) is 0 Å². The highest BCUT2D eigenvalue weighted by atomic mass is 35.5. The number of aliphatic hydroxyl groups is 1. The van der Waals surface area contributed by atoms with Crippen LogP contribution in [0.25, 0.3) is 5.57 Å². The Balaban J connectivity index is 2.05. The van der Waals surface area contributed by atoms with Crippen molar-refractivity contribution in [2.45, 2.75) is 6.92 Å². The maximum Gasteiger partial charge on any atom is 0.272 e. The zero-order valence-electron chi connectivity index (χ0n) is 13.5. The highest BCUT2D eigenvalue weighted by Gasteiger charge is 2.40. The Morgan fingerprint density at radius 1 is 1.00 bits per heavy atom. The number of carbonyl (C=O) groups excluding carboxylic acids is 2. The van der Waals surface area contributed by atoms with Gasteiger partial charge in [0.2, 0.25) is 0 Å². The van der Waals surface area contributed by atoms with E-state index in [1.165, 1.54) is 11.8 Å². The Labute approximate surface area is 155 Å². The molecule has 0 aromatic heterocycles. The standard InChI is InChI=1S/C19H16ClNO3S/c1-12-2-4-13(5-3-12)16-17(25-11-10-22)19(24)21(18(16)23)15-8-6-14(20)7-9-15/h2-9,22H,10-11H2,1H3. The number of hydrogen-bond acceptors (Lipinski definition) is 4. The summed E-state index contributed by atoms with van der Waals surface area (Å²) in [4.78, 5) is 27.4. The molecule has 2 aromatic rings. The fourth-order valence-corrected chi connectivity index (χ4v) is 3.58. The van der Waals surface area contributed by atoms with Crippen molar-refractivity contribution in [3.8, 4) is 0 Å². The molecule has 0 aliphatic carbocycles. The summed E-state index contributed by atoms with van der Waals surface area (Å²) >= 11 is 7.09. The van der Waals surface area contributed by atoms with E-state index in [0.717, 1.165) is 10.5 Å². The third-order valence-corrected chi connectivity index (χ3v) is 5.11. The van der Waals surface area contributed by atoms with E-state index in [-0.39, 0.29) is 18.4 Å². The number of rotatable bonds is 5. The van der Waals surface area contributed by atoms with E-state index in [1.54, 1.807) is 24.3 Å². The number of benzene rings is 2. The number of anilines is 1. The van der Waals surface area contributed by atoms with Crippen LogP contribution in [0.5, 0.6) is 0 Å². The zero-order valence-corrected chi connectivity index (χ0v) is 15.1. The van der Waals surface area contributed by atoms with Crippen molar-refractivity contribution in [1.29, 1.82) is 0 Å². The lowest BCUT2D eigenvalue weighted by Gasteiger charge is -2.15. The number of carbonyl (C=O) groups is 2. The number of thioether (sulfide) groups is 1. The van der Waals surface area contributed by atoms with E-state index < -0.39 is 0 Å². The minimum atomic E-state index is -0.374. The highest BCUT2D eigenvalue weighted by molar-refractivity contribution is 8.04. The summed E-state index contributed by atoms with van der Waals surface area (Å²) in [5.41, 5.74) is 2.61. The highest BCUT2D eigenvalue weighted by Crippen LogP contribution is 2.38. The third kappa shape index (κ3) is 3.49. The SMILES string of the molecule is Cc1ccc(C2=C(SCCO)C(=O)N(c3ccc(Cl)cc3)C2=O)cc1. The van der Waals surface area contributed by atoms with Crippen LogP contribution in [0.4, 0.5) is 5.69 Å². The number of halogens is 1. The first-order valence-corrected chi connectivity index (χ1v) is 9.08. The van der Waals surface area contributed by atoms with Gasteiger partial charge in [-0.1, -0.05) is 41.4 Å². The van der Waals surface area contributed by atoms with Gasteiger partial charge < -0.3 is 5.11 Å². The molecule has 25 heavy (non-hydrogen) atoms. The van der Waals surface area contributed by atoms with Crippen LogP contribution in [0, 0.1) is 6.92 Å². The van der Waals surface area contributed by atoms with E-state index in [4.69, 9.17) is 16.7 Å². The molecular formula is C19H16ClNO3S. The van der Waals surface area contributed by atoms with Gasteiger partial charge in [-0.2, -0.15) is 0 Å². The topological polar surface area (TPSA) is 57.6 Å². The molecule has 3 rings (SSSR count). The van der Waals surface area contributed by atoms with Crippen LogP contribution < -0.4 is 4.90 Å². The molecule has 0 unspecified atom stereocenters. The van der Waals surface area contributed by atoms with Gasteiger partial charge >= 0.3 is 0 Å². The molecule has 4 nitrogen and oxygen atoms in total. The van der Waals surface area contributed by atoms with Gasteiger partial charge in [-0.15, -0.1) is 11.8 Å². The predicted octanol–water partition coefficient (Wildman–Crippen LogP) is 3.66. The maximum atomic E-state index is 13.0. The summed E-state index contributed by atoms with van der Waals surface area (Å²) in [6.07, 6.45) is 0. The molecule has 6 heteroatoms. The van der Waals surface area contributed by atoms with Crippen molar-refractivity contribution in [1.82, 2.24) is 0 Å². The molecular weight excluding hydrogens is 358 g/mol. The number of nitrogens with zero attached hydrogens (tertiary/aromatic N) is 1. The van der Waals surface area contributed by atoms with Crippen molar-refractivity contribution >= 4 is 46.4 Å².